The Bertz CT molecular complexity index is 944. The molecule has 6 nitrogen and oxygen atoms in total. The van der Waals surface area contributed by atoms with E-state index >= 15 is 0 Å². The predicted octanol–water partition coefficient (Wildman–Crippen LogP) is 4.88. The van der Waals surface area contributed by atoms with E-state index < -0.39 is 24.4 Å². The van der Waals surface area contributed by atoms with E-state index in [1.807, 2.05) is 0 Å². The number of hydrogen-bond acceptors (Lipinski definition) is 6. The van der Waals surface area contributed by atoms with Crippen LogP contribution in [0.5, 0.6) is 0 Å². The predicted molar refractivity (Wildman–Crippen MR) is 163 cm³/mol. The number of aliphatic hydroxyl groups is 5. The lowest BCUT2D eigenvalue weighted by atomic mass is 9.32. The molecule has 7 N–H and O–H groups in total. The monoisotopic (exact) mass is 577 g/mol. The Morgan fingerprint density at radius 1 is 0.659 bits per heavy atom. The molecular weight excluding hydrogens is 514 g/mol. The van der Waals surface area contributed by atoms with Crippen LogP contribution in [0.15, 0.2) is 0 Å². The van der Waals surface area contributed by atoms with Gasteiger partial charge in [0.05, 0.1) is 12.2 Å². The van der Waals surface area contributed by atoms with Crippen molar-refractivity contribution in [1.29, 1.82) is 0 Å². The third kappa shape index (κ3) is 4.71. The lowest BCUT2D eigenvalue weighted by Gasteiger charge is -2.73. The van der Waals surface area contributed by atoms with Crippen molar-refractivity contribution in [2.24, 2.45) is 68.3 Å². The first-order valence-electron chi connectivity index (χ1n) is 17.1. The van der Waals surface area contributed by atoms with Crippen LogP contribution in [0.25, 0.3) is 0 Å². The van der Waals surface area contributed by atoms with Crippen molar-refractivity contribution >= 4 is 0 Å². The van der Waals surface area contributed by atoms with Gasteiger partial charge in [0.15, 0.2) is 0 Å². The molecule has 0 bridgehead atoms. The highest BCUT2D eigenvalue weighted by Gasteiger charge is 2.70. The zero-order valence-corrected chi connectivity index (χ0v) is 27.0. The Labute approximate surface area is 249 Å². The third-order valence-electron chi connectivity index (χ3n) is 15.5. The van der Waals surface area contributed by atoms with Crippen LogP contribution < -0.4 is 5.73 Å². The van der Waals surface area contributed by atoms with Crippen molar-refractivity contribution in [2.45, 2.75) is 143 Å². The molecule has 5 aliphatic rings. The van der Waals surface area contributed by atoms with Gasteiger partial charge >= 0.3 is 0 Å². The lowest BCUT2D eigenvalue weighted by Crippen LogP contribution is -2.65. The molecule has 6 heteroatoms. The second-order valence-electron chi connectivity index (χ2n) is 17.3. The van der Waals surface area contributed by atoms with Crippen LogP contribution in [0, 0.1) is 62.6 Å². The van der Waals surface area contributed by atoms with Gasteiger partial charge in [-0.15, -0.1) is 0 Å². The number of fused-ring (bicyclic) bond motifs is 7. The summed E-state index contributed by atoms with van der Waals surface area (Å²) in [6.07, 6.45) is 8.92. The van der Waals surface area contributed by atoms with Crippen molar-refractivity contribution in [3.05, 3.63) is 0 Å². The van der Waals surface area contributed by atoms with Crippen LogP contribution in [0.1, 0.15) is 119 Å². The van der Waals surface area contributed by atoms with E-state index in [4.69, 9.17) is 5.73 Å². The van der Waals surface area contributed by atoms with Crippen LogP contribution >= 0.6 is 0 Å². The second kappa shape index (κ2) is 11.0. The van der Waals surface area contributed by atoms with Gasteiger partial charge in [0.25, 0.3) is 0 Å². The Morgan fingerprint density at radius 2 is 1.24 bits per heavy atom. The van der Waals surface area contributed by atoms with Gasteiger partial charge in [0.2, 0.25) is 0 Å². The molecule has 0 aromatic heterocycles. The van der Waals surface area contributed by atoms with Gasteiger partial charge in [-0.2, -0.15) is 0 Å². The zero-order valence-electron chi connectivity index (χ0n) is 27.0. The van der Waals surface area contributed by atoms with E-state index in [9.17, 15) is 25.5 Å². The van der Waals surface area contributed by atoms with Crippen LogP contribution in [0.3, 0.4) is 0 Å². The molecule has 5 saturated carbocycles. The van der Waals surface area contributed by atoms with E-state index in [2.05, 4.69) is 41.5 Å². The summed E-state index contributed by atoms with van der Waals surface area (Å²) in [5.41, 5.74) is 7.24. The number of nitrogens with two attached hydrogens (primary N) is 1. The Kier molecular flexibility index (Phi) is 8.61. The topological polar surface area (TPSA) is 127 Å². The summed E-state index contributed by atoms with van der Waals surface area (Å²) in [5.74, 6) is 2.97. The first kappa shape index (κ1) is 32.2. The fraction of sp³-hybridized carbons (Fsp3) is 1.00. The van der Waals surface area contributed by atoms with E-state index in [0.717, 1.165) is 18.3 Å². The van der Waals surface area contributed by atoms with Gasteiger partial charge in [-0.1, -0.05) is 48.0 Å². The maximum Gasteiger partial charge on any atom is 0.109 e. The normalized spacial score (nSPS) is 49.0. The Morgan fingerprint density at radius 3 is 1.85 bits per heavy atom. The summed E-state index contributed by atoms with van der Waals surface area (Å²) >= 11 is 0. The number of aliphatic hydroxyl groups excluding tert-OH is 5. The fourth-order valence-electron chi connectivity index (χ4n) is 13.3. The fourth-order valence-corrected chi connectivity index (χ4v) is 13.3. The molecule has 0 aliphatic heterocycles. The molecule has 0 aromatic carbocycles. The summed E-state index contributed by atoms with van der Waals surface area (Å²) < 4.78 is 0. The van der Waals surface area contributed by atoms with Crippen LogP contribution in [-0.2, 0) is 0 Å². The molecule has 0 heterocycles. The standard InChI is InChI=1S/C35H63NO5/c1-31(2)13-7-14-33(4)26(31)12-17-35(6)28(33)9-8-27-32(3)15-10-22(23(32)11-16-34(27,35)5)21(20-37)18-24(38)29(40)30(41)25(39)19-36/h21-30,37-41H,7-20,36H2,1-6H3/t21-,22+,23+,24-,25+,26-,27+,28+,29-,30+,32-,33-,34+,35+/m0/s1. The highest BCUT2D eigenvalue weighted by molar-refractivity contribution is 5.19. The van der Waals surface area contributed by atoms with Gasteiger partial charge in [-0.3, -0.25) is 0 Å². The molecule has 5 fully saturated rings. The largest absolute Gasteiger partial charge is 0.396 e. The average molecular weight is 578 g/mol. The van der Waals surface area contributed by atoms with E-state index in [1.54, 1.807) is 0 Å². The molecule has 0 amide bonds. The van der Waals surface area contributed by atoms with E-state index in [1.165, 1.54) is 64.2 Å². The highest BCUT2D eigenvalue weighted by atomic mass is 16.4. The molecule has 0 saturated heterocycles. The van der Waals surface area contributed by atoms with Crippen LogP contribution in [-0.4, -0.2) is 63.1 Å². The third-order valence-corrected chi connectivity index (χ3v) is 15.5. The highest BCUT2D eigenvalue weighted by Crippen LogP contribution is 2.78. The van der Waals surface area contributed by atoms with E-state index in [-0.39, 0.29) is 30.9 Å². The van der Waals surface area contributed by atoms with Crippen molar-refractivity contribution < 1.29 is 25.5 Å². The SMILES string of the molecule is CC1(C)CCC[C@]2(C)[C@H]3CC[C@@H]4[C@@]5(C)CC[C@H]([C@H](CO)C[C@H](O)[C@H](O)[C@H](O)[C@H](O)CN)[C@H]5CC[C@@]4(C)[C@]3(C)CC[C@@H]12. The van der Waals surface area contributed by atoms with Crippen molar-refractivity contribution in [2.75, 3.05) is 13.2 Å². The summed E-state index contributed by atoms with van der Waals surface area (Å²) in [6.45, 7) is 15.5. The molecular formula is C35H63NO5. The van der Waals surface area contributed by atoms with Gasteiger partial charge in [0.1, 0.15) is 12.2 Å². The molecule has 41 heavy (non-hydrogen) atoms. The van der Waals surface area contributed by atoms with Crippen molar-refractivity contribution in [3.63, 3.8) is 0 Å². The van der Waals surface area contributed by atoms with Crippen molar-refractivity contribution in [1.82, 2.24) is 0 Å². The maximum absolute atomic E-state index is 10.8. The smallest absolute Gasteiger partial charge is 0.109 e. The Hall–Kier alpha value is -0.240. The first-order chi connectivity index (χ1) is 19.1. The van der Waals surface area contributed by atoms with Gasteiger partial charge in [-0.25, -0.2) is 0 Å². The van der Waals surface area contributed by atoms with Crippen LogP contribution in [0.4, 0.5) is 0 Å². The quantitative estimate of drug-likeness (QED) is 0.244. The molecule has 0 radical (unpaired) electrons. The minimum atomic E-state index is -1.50. The first-order valence-corrected chi connectivity index (χ1v) is 17.1. The second-order valence-corrected chi connectivity index (χ2v) is 17.3. The van der Waals surface area contributed by atoms with Gasteiger partial charge in [0, 0.05) is 13.2 Å². The Balaban J connectivity index is 1.36. The molecule has 5 aliphatic carbocycles. The average Bonchev–Trinajstić information content (AvgIpc) is 3.26. The van der Waals surface area contributed by atoms with Gasteiger partial charge < -0.3 is 31.3 Å². The zero-order chi connectivity index (χ0) is 30.2. The van der Waals surface area contributed by atoms with E-state index in [0.29, 0.717) is 39.4 Å². The van der Waals surface area contributed by atoms with Crippen molar-refractivity contribution in [3.8, 4) is 0 Å². The molecule has 14 atom stereocenters. The minimum absolute atomic E-state index is 0.0339. The molecule has 238 valence electrons. The summed E-state index contributed by atoms with van der Waals surface area (Å²) in [4.78, 5) is 0. The molecule has 5 rings (SSSR count). The summed E-state index contributed by atoms with van der Waals surface area (Å²) in [6, 6.07) is 0. The summed E-state index contributed by atoms with van der Waals surface area (Å²) in [5, 5.41) is 52.0. The molecule has 0 unspecified atom stereocenters. The molecule has 0 aromatic rings. The van der Waals surface area contributed by atoms with Crippen LogP contribution in [0.2, 0.25) is 0 Å². The number of hydrogen-bond donors (Lipinski definition) is 6. The maximum atomic E-state index is 10.8. The number of rotatable bonds is 8. The lowest BCUT2D eigenvalue weighted by molar-refractivity contribution is -0.241. The minimum Gasteiger partial charge on any atom is -0.396 e. The van der Waals surface area contributed by atoms with Gasteiger partial charge in [-0.05, 0) is 133 Å². The molecule has 0 spiro atoms. The summed E-state index contributed by atoms with van der Waals surface area (Å²) in [7, 11) is 0.